The largest absolute Gasteiger partial charge is 0.368 e. The minimum Gasteiger partial charge on any atom is -0.368 e. The number of carbonyl (C=O) groups excluding carboxylic acids is 1. The third-order valence-electron chi connectivity index (χ3n) is 4.33. The predicted molar refractivity (Wildman–Crippen MR) is 96.4 cm³/mol. The van der Waals surface area contributed by atoms with E-state index in [1.165, 1.54) is 11.1 Å². The first-order valence-corrected chi connectivity index (χ1v) is 8.26. The summed E-state index contributed by atoms with van der Waals surface area (Å²) < 4.78 is 0. The van der Waals surface area contributed by atoms with Crippen LogP contribution >= 0.6 is 12.2 Å². The number of hydrogen-bond donors (Lipinski definition) is 2. The lowest BCUT2D eigenvalue weighted by Gasteiger charge is -2.32. The van der Waals surface area contributed by atoms with Gasteiger partial charge in [-0.15, -0.1) is 0 Å². The molecule has 2 aromatic rings. The van der Waals surface area contributed by atoms with E-state index in [4.69, 9.17) is 18.0 Å². The molecule has 0 bridgehead atoms. The summed E-state index contributed by atoms with van der Waals surface area (Å²) >= 11 is 5.67. The first-order chi connectivity index (χ1) is 11.1. The van der Waals surface area contributed by atoms with Crippen LogP contribution in [0.5, 0.6) is 0 Å². The molecule has 2 unspecified atom stereocenters. The standard InChI is InChI=1S/C19H20N2OS/c20-19(22)16-12-14-8-4-5-9-15(14)18(21-16)17(23)11-10-13-6-2-1-3-7-13/h1-9,16,18,21H,10-12H2,(H2,20,22). The number of aryl methyl sites for hydroxylation is 1. The van der Waals surface area contributed by atoms with Gasteiger partial charge in [0, 0.05) is 4.86 Å². The summed E-state index contributed by atoms with van der Waals surface area (Å²) in [6.45, 7) is 0. The molecular formula is C19H20N2OS. The maximum absolute atomic E-state index is 11.6. The SMILES string of the molecule is NC(=O)C1Cc2ccccc2C(C(=S)CCc2ccccc2)N1. The zero-order valence-electron chi connectivity index (χ0n) is 12.9. The van der Waals surface area contributed by atoms with Crippen LogP contribution in [0.1, 0.15) is 29.2 Å². The summed E-state index contributed by atoms with van der Waals surface area (Å²) in [6.07, 6.45) is 2.33. The summed E-state index contributed by atoms with van der Waals surface area (Å²) in [4.78, 5) is 12.6. The monoisotopic (exact) mass is 324 g/mol. The Morgan fingerprint density at radius 3 is 2.57 bits per heavy atom. The molecule has 23 heavy (non-hydrogen) atoms. The van der Waals surface area contributed by atoms with Gasteiger partial charge in [0.1, 0.15) is 0 Å². The second-order valence-corrected chi connectivity index (χ2v) is 6.43. The highest BCUT2D eigenvalue weighted by Crippen LogP contribution is 2.28. The first-order valence-electron chi connectivity index (χ1n) is 7.85. The summed E-state index contributed by atoms with van der Waals surface area (Å²) in [5.41, 5.74) is 9.10. The Labute approximate surface area is 141 Å². The molecule has 1 aliphatic rings. The highest BCUT2D eigenvalue weighted by molar-refractivity contribution is 7.80. The highest BCUT2D eigenvalue weighted by atomic mass is 32.1. The molecule has 0 saturated carbocycles. The van der Waals surface area contributed by atoms with Crippen LogP contribution in [0.4, 0.5) is 0 Å². The van der Waals surface area contributed by atoms with E-state index in [0.717, 1.165) is 23.3 Å². The van der Waals surface area contributed by atoms with Crippen LogP contribution in [0.15, 0.2) is 54.6 Å². The quantitative estimate of drug-likeness (QED) is 0.832. The van der Waals surface area contributed by atoms with Gasteiger partial charge >= 0.3 is 0 Å². The van der Waals surface area contributed by atoms with Gasteiger partial charge in [0.15, 0.2) is 0 Å². The second kappa shape index (κ2) is 7.02. The first kappa shape index (κ1) is 15.8. The number of carbonyl (C=O) groups is 1. The minimum absolute atomic E-state index is 0.0869. The zero-order valence-corrected chi connectivity index (χ0v) is 13.7. The number of nitrogens with one attached hydrogen (secondary N) is 1. The number of rotatable bonds is 5. The van der Waals surface area contributed by atoms with Gasteiger partial charge in [0.2, 0.25) is 5.91 Å². The van der Waals surface area contributed by atoms with Crippen molar-refractivity contribution in [2.75, 3.05) is 0 Å². The number of nitrogens with two attached hydrogens (primary N) is 1. The van der Waals surface area contributed by atoms with E-state index >= 15 is 0 Å². The van der Waals surface area contributed by atoms with Crippen molar-refractivity contribution in [2.45, 2.75) is 31.3 Å². The average molecular weight is 324 g/mol. The van der Waals surface area contributed by atoms with Crippen molar-refractivity contribution < 1.29 is 4.79 Å². The van der Waals surface area contributed by atoms with E-state index < -0.39 is 0 Å². The molecule has 0 aromatic heterocycles. The molecule has 2 atom stereocenters. The van der Waals surface area contributed by atoms with E-state index in [0.29, 0.717) is 6.42 Å². The Morgan fingerprint density at radius 2 is 1.83 bits per heavy atom. The molecule has 4 heteroatoms. The third-order valence-corrected chi connectivity index (χ3v) is 4.77. The summed E-state index contributed by atoms with van der Waals surface area (Å²) in [5.74, 6) is -0.324. The van der Waals surface area contributed by atoms with E-state index in [1.54, 1.807) is 0 Å². The fraction of sp³-hybridized carbons (Fsp3) is 0.263. The Bertz CT molecular complexity index is 714. The van der Waals surface area contributed by atoms with Crippen molar-refractivity contribution in [3.8, 4) is 0 Å². The molecule has 0 saturated heterocycles. The van der Waals surface area contributed by atoms with Crippen molar-refractivity contribution >= 4 is 23.0 Å². The van der Waals surface area contributed by atoms with Crippen LogP contribution in [-0.2, 0) is 17.6 Å². The Balaban J connectivity index is 1.77. The summed E-state index contributed by atoms with van der Waals surface area (Å²) in [6, 6.07) is 18.0. The van der Waals surface area contributed by atoms with Crippen LogP contribution in [0.25, 0.3) is 0 Å². The molecule has 2 aromatic carbocycles. The number of fused-ring (bicyclic) bond motifs is 1. The third kappa shape index (κ3) is 3.66. The number of benzene rings is 2. The Hall–Kier alpha value is -2.04. The molecule has 0 spiro atoms. The molecule has 0 fully saturated rings. The van der Waals surface area contributed by atoms with Crippen LogP contribution in [0.3, 0.4) is 0 Å². The average Bonchev–Trinajstić information content (AvgIpc) is 2.59. The molecule has 118 valence electrons. The molecule has 3 N–H and O–H groups in total. The Morgan fingerprint density at radius 1 is 1.13 bits per heavy atom. The molecule has 1 heterocycles. The lowest BCUT2D eigenvalue weighted by Crippen LogP contribution is -2.49. The van der Waals surface area contributed by atoms with Crippen LogP contribution in [-0.4, -0.2) is 16.8 Å². The van der Waals surface area contributed by atoms with Gasteiger partial charge in [-0.25, -0.2) is 0 Å². The van der Waals surface area contributed by atoms with Gasteiger partial charge in [-0.3, -0.25) is 10.1 Å². The fourth-order valence-electron chi connectivity index (χ4n) is 3.08. The van der Waals surface area contributed by atoms with Crippen molar-refractivity contribution in [3.63, 3.8) is 0 Å². The zero-order chi connectivity index (χ0) is 16.2. The number of amides is 1. The summed E-state index contributed by atoms with van der Waals surface area (Å²) in [5, 5.41) is 3.33. The van der Waals surface area contributed by atoms with Crippen molar-refractivity contribution in [3.05, 3.63) is 71.3 Å². The smallest absolute Gasteiger partial charge is 0.234 e. The van der Waals surface area contributed by atoms with Crippen molar-refractivity contribution in [2.24, 2.45) is 5.73 Å². The number of thiocarbonyl (C=S) groups is 1. The predicted octanol–water partition coefficient (Wildman–Crippen LogP) is 2.73. The number of primary amides is 1. The highest BCUT2D eigenvalue weighted by Gasteiger charge is 2.30. The molecule has 1 amide bonds. The van der Waals surface area contributed by atoms with Gasteiger partial charge in [0.25, 0.3) is 0 Å². The maximum atomic E-state index is 11.6. The van der Waals surface area contributed by atoms with Crippen LogP contribution in [0, 0.1) is 0 Å². The van der Waals surface area contributed by atoms with E-state index in [9.17, 15) is 4.79 Å². The second-order valence-electron chi connectivity index (χ2n) is 5.91. The molecule has 0 aliphatic carbocycles. The lowest BCUT2D eigenvalue weighted by atomic mass is 9.87. The van der Waals surface area contributed by atoms with Crippen molar-refractivity contribution in [1.82, 2.24) is 5.32 Å². The Kier molecular flexibility index (Phi) is 4.84. The van der Waals surface area contributed by atoms with Gasteiger partial charge in [-0.1, -0.05) is 66.8 Å². The molecule has 1 aliphatic heterocycles. The van der Waals surface area contributed by atoms with Crippen LogP contribution in [0.2, 0.25) is 0 Å². The molecule has 0 radical (unpaired) electrons. The van der Waals surface area contributed by atoms with Crippen LogP contribution < -0.4 is 11.1 Å². The minimum atomic E-state index is -0.357. The number of hydrogen-bond acceptors (Lipinski definition) is 3. The van der Waals surface area contributed by atoms with Gasteiger partial charge in [-0.2, -0.15) is 0 Å². The van der Waals surface area contributed by atoms with Gasteiger partial charge in [-0.05, 0) is 36.0 Å². The molecule has 3 rings (SSSR count). The lowest BCUT2D eigenvalue weighted by molar-refractivity contribution is -0.120. The van der Waals surface area contributed by atoms with E-state index in [1.807, 2.05) is 30.3 Å². The normalized spacial score (nSPS) is 19.8. The molecule has 3 nitrogen and oxygen atoms in total. The van der Waals surface area contributed by atoms with Gasteiger partial charge < -0.3 is 5.73 Å². The van der Waals surface area contributed by atoms with Gasteiger partial charge in [0.05, 0.1) is 12.1 Å². The molecular weight excluding hydrogens is 304 g/mol. The topological polar surface area (TPSA) is 55.1 Å². The van der Waals surface area contributed by atoms with E-state index in [-0.39, 0.29) is 18.0 Å². The van der Waals surface area contributed by atoms with E-state index in [2.05, 4.69) is 29.6 Å². The maximum Gasteiger partial charge on any atom is 0.234 e. The van der Waals surface area contributed by atoms with Crippen molar-refractivity contribution in [1.29, 1.82) is 0 Å². The summed E-state index contributed by atoms with van der Waals surface area (Å²) in [7, 11) is 0. The fourth-order valence-corrected chi connectivity index (χ4v) is 3.37.